The minimum Gasteiger partial charge on any atom is -0.496 e. The summed E-state index contributed by atoms with van der Waals surface area (Å²) in [5, 5.41) is 33.1. The van der Waals surface area contributed by atoms with E-state index in [9.17, 15) is 0 Å². The number of ether oxygens (including phenoxy) is 3. The van der Waals surface area contributed by atoms with E-state index in [0.717, 1.165) is 30.3 Å². The Kier molecular flexibility index (Phi) is 17.8. The van der Waals surface area contributed by atoms with Gasteiger partial charge in [-0.2, -0.15) is 0 Å². The normalized spacial score (nSPS) is 12.5. The highest BCUT2D eigenvalue weighted by Gasteiger charge is 2.32. The molecular formula is C106H100NO3+. The van der Waals surface area contributed by atoms with E-state index in [1.54, 1.807) is 0 Å². The molecule has 0 N–H and O–H groups in total. The standard InChI is InChI=1S/C36H30O.C35H36NO.C35H34O/c1-2-3-4-9-21-37-27-19-17-24(18-20-27)33-23-26-22-25-11-5-6-12-28(25)35-30-14-8-7-13-29(30)31-15-10-16-32(33)36(31)34(26)35;1-34(2,3)28-19-22(20-29(33(28)37-8)35(4,5)6)27-18-23-17-21-11-9-10-12-24(21)25-13-14-30-32(31(23)25)26(27)15-16-36(30)7;1-34(2,3)29-19-23(20-30(33(29)36-7)35(4,5)6)28-18-24-17-22-11-8-9-13-25(22)27-16-15-21-12-10-14-26(28)31(21)32(24)27/h5-8,10-20,22-23H,2-4,9,21H2,1H3;9-20H,1-8H3;8-20H,1-7H3/q;+1;. The molecule has 0 aliphatic heterocycles. The molecule has 546 valence electrons. The summed E-state index contributed by atoms with van der Waals surface area (Å²) >= 11 is 0. The van der Waals surface area contributed by atoms with Gasteiger partial charge in [-0.3, -0.25) is 0 Å². The number of aryl methyl sites for hydroxylation is 1. The fourth-order valence-corrected chi connectivity index (χ4v) is 18.2. The molecule has 0 fully saturated rings. The minimum atomic E-state index is -0.0524. The van der Waals surface area contributed by atoms with Gasteiger partial charge in [0.15, 0.2) is 6.20 Å². The SMILES string of the molecule is CCCCCCOc1ccc(-c2cc3cc4ccccc4c4c5ccccc5c5cccc2c5c34)cc1.COc1c(C(C)(C)C)cc(-c2cc3cc4ccccc4c4ccc5c(c2cc[n+]5C)c34)cc1C(C)(C)C.COc1c(C(C)(C)C)cc(-c2cc3cc4ccccc4c4ccc5cccc2c5c34)cc1C(C)(C)C. The van der Waals surface area contributed by atoms with Gasteiger partial charge in [-0.15, -0.1) is 0 Å². The highest BCUT2D eigenvalue weighted by atomic mass is 16.5. The Morgan fingerprint density at radius 2 is 0.664 bits per heavy atom. The zero-order valence-corrected chi connectivity index (χ0v) is 67.0. The highest BCUT2D eigenvalue weighted by Crippen LogP contribution is 2.52. The van der Waals surface area contributed by atoms with Crippen LogP contribution in [0.3, 0.4) is 0 Å². The Morgan fingerprint density at radius 1 is 0.282 bits per heavy atom. The van der Waals surface area contributed by atoms with Crippen molar-refractivity contribution in [1.29, 1.82) is 0 Å². The first-order chi connectivity index (χ1) is 52.9. The molecule has 0 amide bonds. The molecule has 1 aromatic heterocycles. The van der Waals surface area contributed by atoms with E-state index in [0.29, 0.717) is 0 Å². The average Bonchev–Trinajstić information content (AvgIpc) is 0.695. The van der Waals surface area contributed by atoms with E-state index in [-0.39, 0.29) is 21.7 Å². The fourth-order valence-electron chi connectivity index (χ4n) is 18.2. The lowest BCUT2D eigenvalue weighted by molar-refractivity contribution is -0.644. The van der Waals surface area contributed by atoms with Crippen LogP contribution in [0.1, 0.15) is 138 Å². The molecule has 4 nitrogen and oxygen atoms in total. The summed E-state index contributed by atoms with van der Waals surface area (Å²) in [7, 11) is 5.76. The maximum absolute atomic E-state index is 6.07. The van der Waals surface area contributed by atoms with E-state index in [2.05, 4.69) is 357 Å². The Labute approximate surface area is 647 Å². The molecule has 4 heteroatoms. The van der Waals surface area contributed by atoms with Crippen LogP contribution in [0.25, 0.3) is 174 Å². The Bertz CT molecular complexity index is 6720. The Morgan fingerprint density at radius 3 is 1.18 bits per heavy atom. The number of methoxy groups -OCH3 is 2. The first-order valence-electron chi connectivity index (χ1n) is 39.7. The van der Waals surface area contributed by atoms with Gasteiger partial charge >= 0.3 is 0 Å². The third-order valence-corrected chi connectivity index (χ3v) is 23.6. The van der Waals surface area contributed by atoms with E-state index in [1.165, 1.54) is 215 Å². The van der Waals surface area contributed by atoms with Crippen LogP contribution >= 0.6 is 0 Å². The molecular weight excluding hydrogens is 1340 g/mol. The summed E-state index contributed by atoms with van der Waals surface area (Å²) in [5.74, 6) is 2.98. The van der Waals surface area contributed by atoms with Crippen molar-refractivity contribution >= 4 is 140 Å². The molecule has 18 aromatic carbocycles. The second-order valence-electron chi connectivity index (χ2n) is 35.0. The number of unbranched alkanes of at least 4 members (excludes halogenated alkanes) is 3. The predicted molar refractivity (Wildman–Crippen MR) is 475 cm³/mol. The number of rotatable bonds is 11. The van der Waals surface area contributed by atoms with Gasteiger partial charge in [0.2, 0.25) is 5.52 Å². The molecule has 0 atom stereocenters. The van der Waals surface area contributed by atoms with Gasteiger partial charge in [0.25, 0.3) is 0 Å². The van der Waals surface area contributed by atoms with Gasteiger partial charge in [-0.05, 0) is 259 Å². The zero-order valence-electron chi connectivity index (χ0n) is 67.0. The molecule has 0 aliphatic rings. The minimum absolute atomic E-state index is 0.0449. The largest absolute Gasteiger partial charge is 0.496 e. The molecule has 19 rings (SSSR count). The van der Waals surface area contributed by atoms with Gasteiger partial charge in [-0.25, -0.2) is 4.57 Å². The molecule has 0 spiro atoms. The van der Waals surface area contributed by atoms with Crippen molar-refractivity contribution < 1.29 is 18.8 Å². The quantitative estimate of drug-likeness (QED) is 0.0560. The number of hydrogen-bond acceptors (Lipinski definition) is 3. The molecule has 0 saturated heterocycles. The van der Waals surface area contributed by atoms with E-state index in [4.69, 9.17) is 14.2 Å². The van der Waals surface area contributed by atoms with Crippen molar-refractivity contribution in [3.05, 3.63) is 277 Å². The summed E-state index contributed by atoms with van der Waals surface area (Å²) in [6.07, 6.45) is 7.08. The first kappa shape index (κ1) is 71.6. The average molecular weight is 1440 g/mol. The second kappa shape index (κ2) is 27.4. The monoisotopic (exact) mass is 1430 g/mol. The number of fused-ring (bicyclic) bond motifs is 9. The van der Waals surface area contributed by atoms with Gasteiger partial charge in [0.1, 0.15) is 24.3 Å². The van der Waals surface area contributed by atoms with E-state index >= 15 is 0 Å². The van der Waals surface area contributed by atoms with E-state index < -0.39 is 0 Å². The van der Waals surface area contributed by atoms with Crippen molar-refractivity contribution in [2.24, 2.45) is 7.05 Å². The van der Waals surface area contributed by atoms with Crippen molar-refractivity contribution in [1.82, 2.24) is 0 Å². The first-order valence-corrected chi connectivity index (χ1v) is 39.7. The molecule has 110 heavy (non-hydrogen) atoms. The fraction of sp³-hybridized carbons (Fsp3) is 0.236. The lowest BCUT2D eigenvalue weighted by atomic mass is 9.77. The van der Waals surface area contributed by atoms with Crippen LogP contribution in [0.4, 0.5) is 0 Å². The van der Waals surface area contributed by atoms with Crippen molar-refractivity contribution in [3.8, 4) is 50.6 Å². The van der Waals surface area contributed by atoms with E-state index in [1.807, 2.05) is 14.2 Å². The summed E-state index contributed by atoms with van der Waals surface area (Å²) < 4.78 is 20.4. The smallest absolute Gasteiger partial charge is 0.213 e. The maximum atomic E-state index is 6.07. The van der Waals surface area contributed by atoms with Crippen LogP contribution in [0.2, 0.25) is 0 Å². The summed E-state index contributed by atoms with van der Waals surface area (Å²) in [6, 6.07) is 92.7. The second-order valence-corrected chi connectivity index (χ2v) is 35.0. The molecule has 0 radical (unpaired) electrons. The maximum Gasteiger partial charge on any atom is 0.213 e. The lowest BCUT2D eigenvalue weighted by Gasteiger charge is -2.30. The van der Waals surface area contributed by atoms with Crippen LogP contribution in [-0.4, -0.2) is 20.8 Å². The Balaban J connectivity index is 0.000000120. The lowest BCUT2D eigenvalue weighted by Crippen LogP contribution is -2.28. The molecule has 0 bridgehead atoms. The summed E-state index contributed by atoms with van der Waals surface area (Å²) in [4.78, 5) is 0. The van der Waals surface area contributed by atoms with Gasteiger partial charge in [-0.1, -0.05) is 267 Å². The summed E-state index contributed by atoms with van der Waals surface area (Å²) in [5.41, 5.74) is 13.6. The number of aromatic nitrogens is 1. The predicted octanol–water partition coefficient (Wildman–Crippen LogP) is 29.4. The molecule has 1 heterocycles. The van der Waals surface area contributed by atoms with Crippen molar-refractivity contribution in [2.75, 3.05) is 20.8 Å². The van der Waals surface area contributed by atoms with Gasteiger partial charge in [0.05, 0.1) is 26.2 Å². The highest BCUT2D eigenvalue weighted by molar-refractivity contribution is 6.40. The molecule has 0 aliphatic carbocycles. The number of nitrogens with zero attached hydrogens (tertiary/aromatic N) is 1. The third-order valence-electron chi connectivity index (χ3n) is 23.6. The van der Waals surface area contributed by atoms with Gasteiger partial charge < -0.3 is 14.2 Å². The number of hydrogen-bond donors (Lipinski definition) is 0. The molecule has 0 unspecified atom stereocenters. The number of benzene rings is 18. The van der Waals surface area contributed by atoms with Gasteiger partial charge in [0, 0.05) is 45.2 Å². The number of pyridine rings is 1. The molecule has 19 aromatic rings. The molecule has 0 saturated carbocycles. The van der Waals surface area contributed by atoms with Crippen molar-refractivity contribution in [3.63, 3.8) is 0 Å². The van der Waals surface area contributed by atoms with Crippen LogP contribution < -0.4 is 18.8 Å². The topological polar surface area (TPSA) is 31.6 Å². The third kappa shape index (κ3) is 12.3. The zero-order chi connectivity index (χ0) is 76.4. The van der Waals surface area contributed by atoms with Crippen LogP contribution in [0.5, 0.6) is 17.2 Å². The van der Waals surface area contributed by atoms with Crippen molar-refractivity contribution in [2.45, 2.75) is 137 Å². The summed E-state index contributed by atoms with van der Waals surface area (Å²) in [6.45, 7) is 30.4. The van der Waals surface area contributed by atoms with Crippen LogP contribution in [0, 0.1) is 0 Å². The Hall–Kier alpha value is -11.3. The van der Waals surface area contributed by atoms with Crippen LogP contribution in [-0.2, 0) is 28.7 Å². The van der Waals surface area contributed by atoms with Crippen LogP contribution in [0.15, 0.2) is 255 Å².